The van der Waals surface area contributed by atoms with Crippen molar-refractivity contribution >= 4 is 18.0 Å². The first-order valence-corrected chi connectivity index (χ1v) is 12.6. The van der Waals surface area contributed by atoms with E-state index in [2.05, 4.69) is 4.74 Å². The lowest BCUT2D eigenvalue weighted by molar-refractivity contribution is -0.150. The molecule has 0 aromatic heterocycles. The summed E-state index contributed by atoms with van der Waals surface area (Å²) in [6, 6.07) is 8.19. The number of rotatable bonds is 12. The van der Waals surface area contributed by atoms with Crippen LogP contribution in [0.15, 0.2) is 42.5 Å². The summed E-state index contributed by atoms with van der Waals surface area (Å²) < 4.78 is 31.3. The summed E-state index contributed by atoms with van der Waals surface area (Å²) >= 11 is 0. The summed E-state index contributed by atoms with van der Waals surface area (Å²) in [4.78, 5) is 37.9. The predicted molar refractivity (Wildman–Crippen MR) is 135 cm³/mol. The molecule has 0 radical (unpaired) electrons. The van der Waals surface area contributed by atoms with Crippen LogP contribution in [0, 0.1) is 0 Å². The molecule has 1 saturated heterocycles. The summed E-state index contributed by atoms with van der Waals surface area (Å²) in [5.41, 5.74) is -1.64. The highest BCUT2D eigenvalue weighted by Gasteiger charge is 2.50. The van der Waals surface area contributed by atoms with E-state index in [1.807, 2.05) is 42.5 Å². The zero-order chi connectivity index (χ0) is 26.6. The molecule has 7 nitrogen and oxygen atoms in total. The van der Waals surface area contributed by atoms with Crippen molar-refractivity contribution in [2.45, 2.75) is 96.1 Å². The third kappa shape index (κ3) is 10.4. The SMILES string of the molecule is COC(=O)CCCC/C=C/CCC[C@@]1(F)C[C@@H](C(=O)OCc2ccccc2)N(C(=O)OC(C)(C)C)C1. The predicted octanol–water partition coefficient (Wildman–Crippen LogP) is 5.91. The second-order valence-electron chi connectivity index (χ2n) is 10.3. The van der Waals surface area contributed by atoms with Gasteiger partial charge in [-0.1, -0.05) is 42.5 Å². The third-order valence-corrected chi connectivity index (χ3v) is 5.90. The Morgan fingerprint density at radius 1 is 1.08 bits per heavy atom. The molecule has 0 spiro atoms. The van der Waals surface area contributed by atoms with Crippen molar-refractivity contribution < 1.29 is 33.0 Å². The number of nitrogens with zero attached hydrogens (tertiary/aromatic N) is 1. The molecule has 0 saturated carbocycles. The standard InChI is InChI=1S/C28H40FNO6/c1-27(2,3)36-26(33)30-21-28(29,18-14-9-7-5-6-8-13-17-24(31)34-4)19-23(30)25(32)35-20-22-15-11-10-12-16-22/h5,7,10-12,15-16,23H,6,8-9,13-14,17-21H2,1-4H3/b7-5+/t23-,28+/m0/s1. The quantitative estimate of drug-likeness (QED) is 0.152. The van der Waals surface area contributed by atoms with E-state index in [9.17, 15) is 14.4 Å². The zero-order valence-corrected chi connectivity index (χ0v) is 22.0. The van der Waals surface area contributed by atoms with Crippen LogP contribution in [-0.4, -0.2) is 53.9 Å². The summed E-state index contributed by atoms with van der Waals surface area (Å²) in [6.45, 7) is 5.04. The van der Waals surface area contributed by atoms with Crippen LogP contribution >= 0.6 is 0 Å². The number of carbonyl (C=O) groups excluding carboxylic acids is 3. The number of benzene rings is 1. The monoisotopic (exact) mass is 505 g/mol. The Bertz CT molecular complexity index is 882. The molecule has 1 amide bonds. The molecule has 1 heterocycles. The number of hydrogen-bond donors (Lipinski definition) is 0. The Hall–Kier alpha value is -2.90. The maximum atomic E-state index is 15.8. The maximum Gasteiger partial charge on any atom is 0.411 e. The number of unbranched alkanes of at least 4 members (excludes halogenated alkanes) is 3. The van der Waals surface area contributed by atoms with Gasteiger partial charge >= 0.3 is 18.0 Å². The average molecular weight is 506 g/mol. The molecule has 8 heteroatoms. The van der Waals surface area contributed by atoms with Crippen LogP contribution in [0.4, 0.5) is 9.18 Å². The highest BCUT2D eigenvalue weighted by molar-refractivity contribution is 5.82. The molecule has 0 aliphatic carbocycles. The fraction of sp³-hybridized carbons (Fsp3) is 0.607. The van der Waals surface area contributed by atoms with Crippen LogP contribution in [0.3, 0.4) is 0 Å². The van der Waals surface area contributed by atoms with Gasteiger partial charge in [-0.05, 0) is 64.9 Å². The lowest BCUT2D eigenvalue weighted by atomic mass is 9.95. The lowest BCUT2D eigenvalue weighted by Crippen LogP contribution is -2.44. The normalized spacial score (nSPS) is 19.9. The van der Waals surface area contributed by atoms with E-state index < -0.39 is 29.4 Å². The molecule has 1 aliphatic heterocycles. The number of likely N-dealkylation sites (tertiary alicyclic amines) is 1. The summed E-state index contributed by atoms with van der Waals surface area (Å²) in [7, 11) is 1.38. The summed E-state index contributed by atoms with van der Waals surface area (Å²) in [5.74, 6) is -0.831. The van der Waals surface area contributed by atoms with E-state index in [4.69, 9.17) is 9.47 Å². The first-order valence-electron chi connectivity index (χ1n) is 12.6. The topological polar surface area (TPSA) is 82.1 Å². The van der Waals surface area contributed by atoms with Crippen LogP contribution in [0.1, 0.15) is 77.7 Å². The number of hydrogen-bond acceptors (Lipinski definition) is 6. The van der Waals surface area contributed by atoms with Crippen molar-refractivity contribution in [2.75, 3.05) is 13.7 Å². The number of halogens is 1. The van der Waals surface area contributed by atoms with E-state index in [1.165, 1.54) is 12.0 Å². The molecule has 36 heavy (non-hydrogen) atoms. The Morgan fingerprint density at radius 2 is 1.75 bits per heavy atom. The van der Waals surface area contributed by atoms with Gasteiger partial charge in [-0.2, -0.15) is 0 Å². The molecule has 1 aromatic rings. The van der Waals surface area contributed by atoms with Crippen molar-refractivity contribution in [3.63, 3.8) is 0 Å². The van der Waals surface area contributed by atoms with E-state index in [0.717, 1.165) is 24.8 Å². The molecule has 200 valence electrons. The Kier molecular flexibility index (Phi) is 11.4. The van der Waals surface area contributed by atoms with Crippen molar-refractivity contribution in [1.29, 1.82) is 0 Å². The fourth-order valence-corrected chi connectivity index (χ4v) is 4.07. The summed E-state index contributed by atoms with van der Waals surface area (Å²) in [6.07, 6.45) is 7.64. The van der Waals surface area contributed by atoms with Crippen LogP contribution in [-0.2, 0) is 30.4 Å². The van der Waals surface area contributed by atoms with E-state index in [0.29, 0.717) is 19.3 Å². The number of methoxy groups -OCH3 is 1. The van der Waals surface area contributed by atoms with Crippen molar-refractivity contribution in [1.82, 2.24) is 4.90 Å². The number of ether oxygens (including phenoxy) is 3. The number of esters is 2. The van der Waals surface area contributed by atoms with Crippen molar-refractivity contribution in [3.05, 3.63) is 48.0 Å². The van der Waals surface area contributed by atoms with Gasteiger partial charge in [0, 0.05) is 12.8 Å². The van der Waals surface area contributed by atoms with Gasteiger partial charge in [0.15, 0.2) is 0 Å². The Labute approximate surface area is 214 Å². The Balaban J connectivity index is 1.89. The van der Waals surface area contributed by atoms with Crippen molar-refractivity contribution in [2.24, 2.45) is 0 Å². The molecule has 1 aromatic carbocycles. The molecule has 1 fully saturated rings. The van der Waals surface area contributed by atoms with Crippen LogP contribution in [0.25, 0.3) is 0 Å². The van der Waals surface area contributed by atoms with E-state index in [1.54, 1.807) is 20.8 Å². The minimum absolute atomic E-state index is 0.0576. The molecule has 2 atom stereocenters. The van der Waals surface area contributed by atoms with Gasteiger partial charge in [0.2, 0.25) is 0 Å². The van der Waals surface area contributed by atoms with Gasteiger partial charge in [0.25, 0.3) is 0 Å². The molecular weight excluding hydrogens is 465 g/mol. The molecule has 1 aliphatic rings. The molecule has 0 N–H and O–H groups in total. The second-order valence-corrected chi connectivity index (χ2v) is 10.3. The first-order chi connectivity index (χ1) is 17.0. The lowest BCUT2D eigenvalue weighted by Gasteiger charge is -2.27. The Morgan fingerprint density at radius 3 is 2.39 bits per heavy atom. The van der Waals surface area contributed by atoms with Crippen LogP contribution in [0.2, 0.25) is 0 Å². The zero-order valence-electron chi connectivity index (χ0n) is 22.0. The van der Waals surface area contributed by atoms with Crippen LogP contribution in [0.5, 0.6) is 0 Å². The van der Waals surface area contributed by atoms with Gasteiger partial charge < -0.3 is 14.2 Å². The second kappa shape index (κ2) is 14.0. The number of amides is 1. The van der Waals surface area contributed by atoms with Gasteiger partial charge in [-0.3, -0.25) is 9.69 Å². The van der Waals surface area contributed by atoms with Gasteiger partial charge in [0.1, 0.15) is 23.9 Å². The number of carbonyl (C=O) groups is 3. The largest absolute Gasteiger partial charge is 0.469 e. The third-order valence-electron chi connectivity index (χ3n) is 5.90. The van der Waals surface area contributed by atoms with Gasteiger partial charge in [0.05, 0.1) is 13.7 Å². The number of allylic oxidation sites excluding steroid dienone is 2. The van der Waals surface area contributed by atoms with E-state index in [-0.39, 0.29) is 32.0 Å². The minimum atomic E-state index is -1.69. The minimum Gasteiger partial charge on any atom is -0.469 e. The number of alkyl halides is 1. The van der Waals surface area contributed by atoms with Gasteiger partial charge in [-0.25, -0.2) is 14.0 Å². The molecule has 0 unspecified atom stereocenters. The fourth-order valence-electron chi connectivity index (χ4n) is 4.07. The van der Waals surface area contributed by atoms with E-state index >= 15 is 4.39 Å². The highest BCUT2D eigenvalue weighted by atomic mass is 19.1. The smallest absolute Gasteiger partial charge is 0.411 e. The highest BCUT2D eigenvalue weighted by Crippen LogP contribution is 2.36. The van der Waals surface area contributed by atoms with Crippen molar-refractivity contribution in [3.8, 4) is 0 Å². The van der Waals surface area contributed by atoms with Gasteiger partial charge in [-0.15, -0.1) is 0 Å². The van der Waals surface area contributed by atoms with Crippen LogP contribution < -0.4 is 0 Å². The first kappa shape index (κ1) is 29.3. The molecular formula is C28H40FNO6. The average Bonchev–Trinajstić information content (AvgIpc) is 3.19. The molecule has 2 rings (SSSR count). The summed E-state index contributed by atoms with van der Waals surface area (Å²) in [5, 5.41) is 0. The molecule has 0 bridgehead atoms. The maximum absolute atomic E-state index is 15.8.